The van der Waals surface area contributed by atoms with Gasteiger partial charge in [0.05, 0.1) is 0 Å². The molecule has 92 valence electrons. The highest BCUT2D eigenvalue weighted by Gasteiger charge is 2.14. The van der Waals surface area contributed by atoms with Crippen LogP contribution < -0.4 is 11.1 Å². The summed E-state index contributed by atoms with van der Waals surface area (Å²) < 4.78 is 0. The lowest BCUT2D eigenvalue weighted by Gasteiger charge is -2.12. The smallest absolute Gasteiger partial charge is 0.217 e. The summed E-state index contributed by atoms with van der Waals surface area (Å²) in [6.45, 7) is 3.18. The molecule has 0 radical (unpaired) electrons. The first-order valence-corrected chi connectivity index (χ1v) is 5.63. The third-order valence-electron chi connectivity index (χ3n) is 2.26. The molecule has 5 heteroatoms. The molecule has 0 aliphatic carbocycles. The Balaban J connectivity index is 2.73. The lowest BCUT2D eigenvalue weighted by molar-refractivity contribution is -0.119. The van der Waals surface area contributed by atoms with Gasteiger partial charge in [0.2, 0.25) is 5.91 Å². The zero-order chi connectivity index (χ0) is 13.0. The Morgan fingerprint density at radius 1 is 1.47 bits per heavy atom. The summed E-state index contributed by atoms with van der Waals surface area (Å²) in [5.41, 5.74) is 6.50. The minimum atomic E-state index is -0.213. The number of anilines is 1. The first-order valence-electron chi connectivity index (χ1n) is 5.25. The molecule has 0 heterocycles. The average Bonchev–Trinajstić information content (AvgIpc) is 2.15. The van der Waals surface area contributed by atoms with Crippen molar-refractivity contribution < 1.29 is 9.59 Å². The van der Waals surface area contributed by atoms with E-state index >= 15 is 0 Å². The number of rotatable bonds is 4. The summed E-state index contributed by atoms with van der Waals surface area (Å²) in [6, 6.07) is 4.54. The molecule has 0 spiro atoms. The Kier molecular flexibility index (Phi) is 4.52. The molecule has 17 heavy (non-hydrogen) atoms. The predicted octanol–water partition coefficient (Wildman–Crippen LogP) is 2.02. The fourth-order valence-corrected chi connectivity index (χ4v) is 1.75. The number of hydrogen-bond donors (Lipinski definition) is 2. The molecule has 0 aliphatic rings. The molecule has 1 atom stereocenters. The van der Waals surface area contributed by atoms with Gasteiger partial charge in [0.1, 0.15) is 0 Å². The van der Waals surface area contributed by atoms with Gasteiger partial charge in [0.25, 0.3) is 0 Å². The summed E-state index contributed by atoms with van der Waals surface area (Å²) in [5, 5.41) is 3.14. The van der Waals surface area contributed by atoms with Crippen LogP contribution in [0.2, 0.25) is 5.02 Å². The maximum Gasteiger partial charge on any atom is 0.217 e. The lowest BCUT2D eigenvalue weighted by atomic mass is 10.0. The van der Waals surface area contributed by atoms with Crippen molar-refractivity contribution in [3.63, 3.8) is 0 Å². The standard InChI is InChI=1S/C12H15ClN2O2/c1-7(15-8(2)16)5-12(17)10-4-3-9(13)6-11(10)14/h3-4,6-7H,5,14H2,1-2H3,(H,15,16). The highest BCUT2D eigenvalue weighted by molar-refractivity contribution is 6.31. The summed E-state index contributed by atoms with van der Waals surface area (Å²) >= 11 is 5.75. The van der Waals surface area contributed by atoms with Gasteiger partial charge in [-0.1, -0.05) is 11.6 Å². The predicted molar refractivity (Wildman–Crippen MR) is 68.1 cm³/mol. The number of carbonyl (C=O) groups is 2. The Morgan fingerprint density at radius 2 is 2.12 bits per heavy atom. The van der Waals surface area contributed by atoms with Crippen LogP contribution in [0.1, 0.15) is 30.6 Å². The maximum atomic E-state index is 11.9. The number of nitrogen functional groups attached to an aromatic ring is 1. The van der Waals surface area contributed by atoms with E-state index in [1.165, 1.54) is 13.0 Å². The van der Waals surface area contributed by atoms with Gasteiger partial charge in [0.15, 0.2) is 5.78 Å². The molecule has 1 amide bonds. The molecular weight excluding hydrogens is 240 g/mol. The van der Waals surface area contributed by atoms with Crippen LogP contribution in [0.3, 0.4) is 0 Å². The van der Waals surface area contributed by atoms with Crippen LogP contribution in [0, 0.1) is 0 Å². The number of benzene rings is 1. The van der Waals surface area contributed by atoms with Gasteiger partial charge in [-0.25, -0.2) is 0 Å². The number of nitrogens with two attached hydrogens (primary N) is 1. The van der Waals surface area contributed by atoms with E-state index < -0.39 is 0 Å². The Bertz CT molecular complexity index is 446. The minimum absolute atomic E-state index is 0.111. The van der Waals surface area contributed by atoms with E-state index in [2.05, 4.69) is 5.32 Å². The number of halogens is 1. The van der Waals surface area contributed by atoms with E-state index in [0.29, 0.717) is 16.3 Å². The van der Waals surface area contributed by atoms with Crippen molar-refractivity contribution in [3.8, 4) is 0 Å². The molecule has 1 rings (SSSR count). The number of ketones is 1. The van der Waals surface area contributed by atoms with Crippen LogP contribution in [0.25, 0.3) is 0 Å². The van der Waals surface area contributed by atoms with Gasteiger partial charge in [0, 0.05) is 35.7 Å². The van der Waals surface area contributed by atoms with Crippen molar-refractivity contribution in [2.75, 3.05) is 5.73 Å². The number of nitrogens with one attached hydrogen (secondary N) is 1. The van der Waals surface area contributed by atoms with Crippen molar-refractivity contribution in [3.05, 3.63) is 28.8 Å². The molecule has 0 saturated heterocycles. The van der Waals surface area contributed by atoms with Crippen LogP contribution in [-0.4, -0.2) is 17.7 Å². The highest BCUT2D eigenvalue weighted by Crippen LogP contribution is 2.19. The van der Waals surface area contributed by atoms with E-state index in [4.69, 9.17) is 17.3 Å². The second-order valence-electron chi connectivity index (χ2n) is 3.96. The molecule has 4 nitrogen and oxygen atoms in total. The van der Waals surface area contributed by atoms with E-state index in [9.17, 15) is 9.59 Å². The molecule has 1 unspecified atom stereocenters. The van der Waals surface area contributed by atoms with Crippen LogP contribution >= 0.6 is 11.6 Å². The maximum absolute atomic E-state index is 11.9. The number of carbonyl (C=O) groups excluding carboxylic acids is 2. The molecular formula is C12H15ClN2O2. The molecule has 0 aromatic heterocycles. The second kappa shape index (κ2) is 5.68. The van der Waals surface area contributed by atoms with Crippen LogP contribution in [0.5, 0.6) is 0 Å². The van der Waals surface area contributed by atoms with Crippen LogP contribution in [-0.2, 0) is 4.79 Å². The summed E-state index contributed by atoms with van der Waals surface area (Å²) in [5.74, 6) is -0.269. The van der Waals surface area contributed by atoms with Gasteiger partial charge in [-0.15, -0.1) is 0 Å². The number of Topliss-reactive ketones (excluding diaryl/α,β-unsaturated/α-hetero) is 1. The Labute approximate surface area is 105 Å². The normalized spacial score (nSPS) is 11.9. The summed E-state index contributed by atoms with van der Waals surface area (Å²) in [4.78, 5) is 22.7. The molecule has 0 bridgehead atoms. The largest absolute Gasteiger partial charge is 0.398 e. The third-order valence-corrected chi connectivity index (χ3v) is 2.49. The molecule has 0 fully saturated rings. The van der Waals surface area contributed by atoms with Crippen molar-refractivity contribution in [2.24, 2.45) is 0 Å². The van der Waals surface area contributed by atoms with Crippen molar-refractivity contribution in [2.45, 2.75) is 26.3 Å². The highest BCUT2D eigenvalue weighted by atomic mass is 35.5. The fourth-order valence-electron chi connectivity index (χ4n) is 1.57. The van der Waals surface area contributed by atoms with Crippen molar-refractivity contribution in [1.29, 1.82) is 0 Å². The van der Waals surface area contributed by atoms with Crippen molar-refractivity contribution >= 4 is 29.0 Å². The fraction of sp³-hybridized carbons (Fsp3) is 0.333. The minimum Gasteiger partial charge on any atom is -0.398 e. The van der Waals surface area contributed by atoms with Gasteiger partial charge in [-0.05, 0) is 25.1 Å². The second-order valence-corrected chi connectivity index (χ2v) is 4.40. The molecule has 1 aromatic rings. The molecule has 3 N–H and O–H groups in total. The first kappa shape index (κ1) is 13.5. The van der Waals surface area contributed by atoms with E-state index in [1.54, 1.807) is 19.1 Å². The van der Waals surface area contributed by atoms with E-state index in [0.717, 1.165) is 0 Å². The first-order chi connectivity index (χ1) is 7.90. The Morgan fingerprint density at radius 3 is 2.65 bits per heavy atom. The third kappa shape index (κ3) is 4.07. The van der Waals surface area contributed by atoms with E-state index in [1.807, 2.05) is 0 Å². The molecule has 1 aromatic carbocycles. The zero-order valence-corrected chi connectivity index (χ0v) is 10.5. The average molecular weight is 255 g/mol. The van der Waals surface area contributed by atoms with Gasteiger partial charge in [-0.3, -0.25) is 9.59 Å². The lowest BCUT2D eigenvalue weighted by Crippen LogP contribution is -2.32. The monoisotopic (exact) mass is 254 g/mol. The number of hydrogen-bond acceptors (Lipinski definition) is 3. The molecule has 0 aliphatic heterocycles. The zero-order valence-electron chi connectivity index (χ0n) is 9.79. The SMILES string of the molecule is CC(=O)NC(C)CC(=O)c1ccc(Cl)cc1N. The van der Waals surface area contributed by atoms with Gasteiger partial charge in [-0.2, -0.15) is 0 Å². The van der Waals surface area contributed by atoms with Gasteiger partial charge >= 0.3 is 0 Å². The van der Waals surface area contributed by atoms with Crippen LogP contribution in [0.15, 0.2) is 18.2 Å². The Hall–Kier alpha value is -1.55. The quantitative estimate of drug-likeness (QED) is 0.638. The summed E-state index contributed by atoms with van der Waals surface area (Å²) in [6.07, 6.45) is 0.214. The van der Waals surface area contributed by atoms with Gasteiger partial charge < -0.3 is 11.1 Å². The number of amides is 1. The van der Waals surface area contributed by atoms with Crippen molar-refractivity contribution in [1.82, 2.24) is 5.32 Å². The summed E-state index contributed by atoms with van der Waals surface area (Å²) in [7, 11) is 0. The molecule has 0 saturated carbocycles. The van der Waals surface area contributed by atoms with E-state index in [-0.39, 0.29) is 24.2 Å². The van der Waals surface area contributed by atoms with Crippen LogP contribution in [0.4, 0.5) is 5.69 Å². The topological polar surface area (TPSA) is 72.2 Å².